The lowest BCUT2D eigenvalue weighted by Crippen LogP contribution is -2.45. The van der Waals surface area contributed by atoms with E-state index < -0.39 is 17.9 Å². The van der Waals surface area contributed by atoms with Gasteiger partial charge in [-0.2, -0.15) is 0 Å². The summed E-state index contributed by atoms with van der Waals surface area (Å²) in [5.74, 6) is -1.34. The zero-order valence-electron chi connectivity index (χ0n) is 19.1. The number of ether oxygens (including phenoxy) is 2. The highest BCUT2D eigenvalue weighted by atomic mass is 16.5. The average Bonchev–Trinajstić information content (AvgIpc) is 2.79. The molecule has 33 heavy (non-hydrogen) atoms. The number of nitrogens with one attached hydrogen (secondary N) is 3. The van der Waals surface area contributed by atoms with Crippen molar-refractivity contribution in [2.45, 2.75) is 38.6 Å². The predicted molar refractivity (Wildman–Crippen MR) is 123 cm³/mol. The number of carbonyl (C=O) groups is 4. The lowest BCUT2D eigenvalue weighted by atomic mass is 10.1. The molecule has 0 aromatic heterocycles. The maximum atomic E-state index is 12.0. The molecule has 0 heterocycles. The van der Waals surface area contributed by atoms with E-state index in [1.54, 1.807) is 31.2 Å². The van der Waals surface area contributed by atoms with Crippen LogP contribution in [0.5, 0.6) is 0 Å². The van der Waals surface area contributed by atoms with E-state index in [2.05, 4.69) is 16.0 Å². The van der Waals surface area contributed by atoms with Gasteiger partial charge in [0.25, 0.3) is 5.91 Å². The molecule has 0 aliphatic rings. The third-order valence-electron chi connectivity index (χ3n) is 4.55. The molecule has 1 aromatic rings. The fourth-order valence-corrected chi connectivity index (χ4v) is 2.71. The number of unbranched alkanes of at least 4 members (excludes halogenated alkanes) is 1. The van der Waals surface area contributed by atoms with Crippen LogP contribution >= 0.6 is 0 Å². The van der Waals surface area contributed by atoms with Crippen LogP contribution < -0.4 is 27.4 Å². The molecule has 0 spiro atoms. The van der Waals surface area contributed by atoms with Crippen molar-refractivity contribution >= 4 is 29.3 Å². The summed E-state index contributed by atoms with van der Waals surface area (Å²) in [4.78, 5) is 46.6. The maximum absolute atomic E-state index is 12.0. The molecule has 0 bridgehead atoms. The molecule has 11 nitrogen and oxygen atoms in total. The van der Waals surface area contributed by atoms with Crippen molar-refractivity contribution in [1.82, 2.24) is 16.0 Å². The van der Waals surface area contributed by atoms with Crippen LogP contribution in [0.2, 0.25) is 0 Å². The average molecular weight is 466 g/mol. The summed E-state index contributed by atoms with van der Waals surface area (Å²) in [6.45, 7) is 3.21. The number of anilines is 1. The highest BCUT2D eigenvalue weighted by Gasteiger charge is 2.17. The molecule has 0 fully saturated rings. The van der Waals surface area contributed by atoms with Gasteiger partial charge < -0.3 is 36.9 Å². The molecular formula is C22H35N5O6. The Bertz CT molecular complexity index is 756. The topological polar surface area (TPSA) is 175 Å². The summed E-state index contributed by atoms with van der Waals surface area (Å²) in [6.07, 6.45) is 1.98. The van der Waals surface area contributed by atoms with Crippen LogP contribution in [-0.4, -0.2) is 69.2 Å². The number of carbonyl (C=O) groups excluding carboxylic acids is 4. The lowest BCUT2D eigenvalue weighted by Gasteiger charge is -2.15. The van der Waals surface area contributed by atoms with Crippen molar-refractivity contribution in [3.8, 4) is 0 Å². The predicted octanol–water partition coefficient (Wildman–Crippen LogP) is -0.302. The number of hydrogen-bond donors (Lipinski definition) is 5. The number of primary amides is 1. The van der Waals surface area contributed by atoms with Crippen molar-refractivity contribution in [2.24, 2.45) is 5.73 Å². The molecule has 0 saturated heterocycles. The smallest absolute Gasteiger partial charge is 0.251 e. The first-order chi connectivity index (χ1) is 15.8. The van der Waals surface area contributed by atoms with Gasteiger partial charge in [0, 0.05) is 30.8 Å². The first-order valence-electron chi connectivity index (χ1n) is 11.0. The third kappa shape index (κ3) is 13.1. The Kier molecular flexibility index (Phi) is 13.9. The molecule has 4 amide bonds. The summed E-state index contributed by atoms with van der Waals surface area (Å²) >= 11 is 0. The van der Waals surface area contributed by atoms with E-state index in [1.807, 2.05) is 0 Å². The molecule has 0 unspecified atom stereocenters. The summed E-state index contributed by atoms with van der Waals surface area (Å²) in [5.41, 5.74) is 12.1. The summed E-state index contributed by atoms with van der Waals surface area (Å²) in [7, 11) is 0. The van der Waals surface area contributed by atoms with Crippen LogP contribution in [0, 0.1) is 0 Å². The van der Waals surface area contributed by atoms with Crippen LogP contribution in [0.25, 0.3) is 0 Å². The number of nitrogen functional groups attached to an aromatic ring is 1. The second-order valence-electron chi connectivity index (χ2n) is 7.26. The number of rotatable bonds is 17. The molecule has 0 aliphatic heterocycles. The zero-order valence-corrected chi connectivity index (χ0v) is 19.1. The van der Waals surface area contributed by atoms with Gasteiger partial charge >= 0.3 is 0 Å². The van der Waals surface area contributed by atoms with E-state index >= 15 is 0 Å². The Morgan fingerprint density at radius 2 is 1.61 bits per heavy atom. The Morgan fingerprint density at radius 3 is 2.27 bits per heavy atom. The Morgan fingerprint density at radius 1 is 0.909 bits per heavy atom. The molecule has 0 radical (unpaired) electrons. The van der Waals surface area contributed by atoms with Crippen LogP contribution in [0.15, 0.2) is 24.3 Å². The van der Waals surface area contributed by atoms with E-state index in [1.165, 1.54) is 0 Å². The lowest BCUT2D eigenvalue weighted by molar-refractivity contribution is -0.130. The van der Waals surface area contributed by atoms with E-state index in [-0.39, 0.29) is 31.6 Å². The van der Waals surface area contributed by atoms with Crippen molar-refractivity contribution < 1.29 is 28.7 Å². The minimum absolute atomic E-state index is 0.0431. The highest BCUT2D eigenvalue weighted by molar-refractivity contribution is 5.94. The highest BCUT2D eigenvalue weighted by Crippen LogP contribution is 2.06. The van der Waals surface area contributed by atoms with Crippen molar-refractivity contribution in [1.29, 1.82) is 0 Å². The zero-order chi connectivity index (χ0) is 24.5. The summed E-state index contributed by atoms with van der Waals surface area (Å²) in [5, 5.41) is 8.01. The number of benzene rings is 1. The molecule has 1 rings (SSSR count). The standard InChI is InChI=1S/C22H35N5O6/c1-2-19(28)25-11-12-32-13-14-33-15-20(29)27-18(21(24)30)5-3-4-10-26-22(31)16-6-8-17(23)9-7-16/h6-9,18H,2-5,10-15,23H2,1H3,(H2,24,30)(H,25,28)(H,26,31)(H,27,29)/t18-/m0/s1. The number of hydrogen-bond acceptors (Lipinski definition) is 7. The fourth-order valence-electron chi connectivity index (χ4n) is 2.71. The van der Waals surface area contributed by atoms with Crippen molar-refractivity contribution in [3.63, 3.8) is 0 Å². The van der Waals surface area contributed by atoms with Crippen molar-refractivity contribution in [2.75, 3.05) is 45.3 Å². The van der Waals surface area contributed by atoms with Gasteiger partial charge in [-0.15, -0.1) is 0 Å². The molecular weight excluding hydrogens is 430 g/mol. The Labute approximate surface area is 193 Å². The Balaban J connectivity index is 2.13. The van der Waals surface area contributed by atoms with Crippen molar-refractivity contribution in [3.05, 3.63) is 29.8 Å². The van der Waals surface area contributed by atoms with Crippen LogP contribution in [-0.2, 0) is 23.9 Å². The SMILES string of the molecule is CCC(=O)NCCOCCOCC(=O)N[C@@H](CCCCNC(=O)c1ccc(N)cc1)C(N)=O. The number of nitrogens with two attached hydrogens (primary N) is 2. The molecule has 1 atom stereocenters. The van der Waals surface area contributed by atoms with Gasteiger partial charge in [0.05, 0.1) is 19.8 Å². The van der Waals surface area contributed by atoms with Gasteiger partial charge in [0.15, 0.2) is 0 Å². The largest absolute Gasteiger partial charge is 0.399 e. The van der Waals surface area contributed by atoms with E-state index in [0.29, 0.717) is 56.6 Å². The van der Waals surface area contributed by atoms with Crippen LogP contribution in [0.4, 0.5) is 5.69 Å². The van der Waals surface area contributed by atoms with Gasteiger partial charge in [-0.25, -0.2) is 0 Å². The number of amides is 4. The minimum Gasteiger partial charge on any atom is -0.399 e. The van der Waals surface area contributed by atoms with E-state index in [9.17, 15) is 19.2 Å². The first-order valence-corrected chi connectivity index (χ1v) is 11.0. The van der Waals surface area contributed by atoms with Gasteiger partial charge in [0.2, 0.25) is 17.7 Å². The van der Waals surface area contributed by atoms with Gasteiger partial charge in [-0.1, -0.05) is 6.92 Å². The molecule has 7 N–H and O–H groups in total. The molecule has 11 heteroatoms. The molecule has 0 aliphatic carbocycles. The summed E-state index contributed by atoms with van der Waals surface area (Å²) in [6, 6.07) is 5.78. The van der Waals surface area contributed by atoms with E-state index in [4.69, 9.17) is 20.9 Å². The quantitative estimate of drug-likeness (QED) is 0.155. The van der Waals surface area contributed by atoms with Gasteiger partial charge in [0.1, 0.15) is 12.6 Å². The first kappa shape index (κ1) is 27.9. The van der Waals surface area contributed by atoms with Gasteiger partial charge in [-0.05, 0) is 43.5 Å². The summed E-state index contributed by atoms with van der Waals surface area (Å²) < 4.78 is 10.5. The maximum Gasteiger partial charge on any atom is 0.251 e. The third-order valence-corrected chi connectivity index (χ3v) is 4.55. The Hall–Kier alpha value is -3.18. The molecule has 1 aromatic carbocycles. The van der Waals surface area contributed by atoms with Crippen LogP contribution in [0.3, 0.4) is 0 Å². The monoisotopic (exact) mass is 465 g/mol. The van der Waals surface area contributed by atoms with Crippen LogP contribution in [0.1, 0.15) is 43.0 Å². The van der Waals surface area contributed by atoms with Gasteiger partial charge in [-0.3, -0.25) is 19.2 Å². The molecule has 184 valence electrons. The van der Waals surface area contributed by atoms with E-state index in [0.717, 1.165) is 0 Å². The normalized spacial score (nSPS) is 11.4. The fraction of sp³-hybridized carbons (Fsp3) is 0.545. The molecule has 0 saturated carbocycles. The second kappa shape index (κ2) is 16.5. The minimum atomic E-state index is -0.813. The second-order valence-corrected chi connectivity index (χ2v) is 7.26.